The second kappa shape index (κ2) is 5.76. The maximum absolute atomic E-state index is 12.1. The number of nitrogens with two attached hydrogens (primary N) is 1. The molecule has 1 aromatic rings. The smallest absolute Gasteiger partial charge is 0.317 e. The highest BCUT2D eigenvalue weighted by atomic mass is 16.2. The van der Waals surface area contributed by atoms with Crippen LogP contribution in [-0.2, 0) is 6.54 Å². The highest BCUT2D eigenvalue weighted by Crippen LogP contribution is 2.18. The van der Waals surface area contributed by atoms with Crippen LogP contribution in [0.2, 0.25) is 0 Å². The molecule has 1 saturated carbocycles. The van der Waals surface area contributed by atoms with E-state index in [0.29, 0.717) is 19.1 Å². The Balaban J connectivity index is 1.93. The van der Waals surface area contributed by atoms with E-state index in [1.54, 1.807) is 0 Å². The quantitative estimate of drug-likeness (QED) is 0.802. The van der Waals surface area contributed by atoms with Gasteiger partial charge in [0.1, 0.15) is 0 Å². The lowest BCUT2D eigenvalue weighted by Crippen LogP contribution is -2.46. The number of nitrogen functional groups attached to an aromatic ring is 1. The predicted molar refractivity (Wildman–Crippen MR) is 73.1 cm³/mol. The zero-order chi connectivity index (χ0) is 13.0. The minimum atomic E-state index is 0.0321. The topological polar surface area (TPSA) is 58.4 Å². The average Bonchev–Trinajstić information content (AvgIpc) is 2.30. The number of anilines is 1. The van der Waals surface area contributed by atoms with Gasteiger partial charge in [-0.3, -0.25) is 0 Å². The maximum atomic E-state index is 12.1. The Kier molecular flexibility index (Phi) is 4.07. The van der Waals surface area contributed by atoms with E-state index in [1.165, 1.54) is 6.42 Å². The lowest BCUT2D eigenvalue weighted by atomic mass is 9.93. The number of amides is 2. The van der Waals surface area contributed by atoms with Gasteiger partial charge in [-0.2, -0.15) is 0 Å². The van der Waals surface area contributed by atoms with Crippen LogP contribution in [0.1, 0.15) is 31.7 Å². The molecule has 0 spiro atoms. The van der Waals surface area contributed by atoms with Crippen molar-refractivity contribution in [3.8, 4) is 0 Å². The largest absolute Gasteiger partial charge is 0.399 e. The van der Waals surface area contributed by atoms with E-state index in [9.17, 15) is 4.79 Å². The van der Waals surface area contributed by atoms with Crippen molar-refractivity contribution in [2.75, 3.05) is 12.3 Å². The van der Waals surface area contributed by atoms with Crippen LogP contribution in [0.15, 0.2) is 24.3 Å². The molecule has 0 heterocycles. The van der Waals surface area contributed by atoms with Gasteiger partial charge in [-0.25, -0.2) is 4.79 Å². The normalized spacial score (nSPS) is 14.9. The van der Waals surface area contributed by atoms with Gasteiger partial charge in [-0.05, 0) is 43.9 Å². The molecule has 4 nitrogen and oxygen atoms in total. The zero-order valence-electron chi connectivity index (χ0n) is 10.9. The van der Waals surface area contributed by atoms with Crippen LogP contribution in [0.4, 0.5) is 10.5 Å². The summed E-state index contributed by atoms with van der Waals surface area (Å²) in [6, 6.07) is 8.10. The second-order valence-electron chi connectivity index (χ2n) is 4.84. The van der Waals surface area contributed by atoms with Crippen LogP contribution in [-0.4, -0.2) is 23.5 Å². The van der Waals surface area contributed by atoms with Crippen molar-refractivity contribution >= 4 is 11.7 Å². The number of carbonyl (C=O) groups is 1. The number of urea groups is 1. The molecule has 1 aliphatic rings. The summed E-state index contributed by atoms with van der Waals surface area (Å²) < 4.78 is 0. The summed E-state index contributed by atoms with van der Waals surface area (Å²) in [6.07, 6.45) is 3.45. The highest BCUT2D eigenvalue weighted by molar-refractivity contribution is 5.74. The van der Waals surface area contributed by atoms with Crippen molar-refractivity contribution in [1.29, 1.82) is 0 Å². The number of carbonyl (C=O) groups excluding carboxylic acids is 1. The summed E-state index contributed by atoms with van der Waals surface area (Å²) in [5.41, 5.74) is 7.55. The summed E-state index contributed by atoms with van der Waals surface area (Å²) >= 11 is 0. The van der Waals surface area contributed by atoms with Gasteiger partial charge >= 0.3 is 6.03 Å². The minimum Gasteiger partial charge on any atom is -0.399 e. The molecule has 2 amide bonds. The van der Waals surface area contributed by atoms with E-state index in [2.05, 4.69) is 5.32 Å². The lowest BCUT2D eigenvalue weighted by Gasteiger charge is -2.30. The van der Waals surface area contributed by atoms with E-state index >= 15 is 0 Å². The lowest BCUT2D eigenvalue weighted by molar-refractivity contribution is 0.186. The molecule has 18 heavy (non-hydrogen) atoms. The van der Waals surface area contributed by atoms with Gasteiger partial charge in [0.05, 0.1) is 0 Å². The SMILES string of the molecule is CCN(Cc1cccc(N)c1)C(=O)NC1CCC1. The van der Waals surface area contributed by atoms with Crippen molar-refractivity contribution in [2.45, 2.75) is 38.8 Å². The Morgan fingerprint density at radius 2 is 2.28 bits per heavy atom. The number of benzene rings is 1. The fourth-order valence-corrected chi connectivity index (χ4v) is 2.06. The third-order valence-electron chi connectivity index (χ3n) is 3.43. The first-order valence-corrected chi connectivity index (χ1v) is 6.59. The Morgan fingerprint density at radius 1 is 1.50 bits per heavy atom. The molecule has 0 aromatic heterocycles. The van der Waals surface area contributed by atoms with E-state index in [4.69, 9.17) is 5.73 Å². The minimum absolute atomic E-state index is 0.0321. The summed E-state index contributed by atoms with van der Waals surface area (Å²) in [7, 11) is 0. The van der Waals surface area contributed by atoms with Gasteiger partial charge in [0.25, 0.3) is 0 Å². The van der Waals surface area contributed by atoms with Crippen LogP contribution in [0.5, 0.6) is 0 Å². The van der Waals surface area contributed by atoms with Gasteiger partial charge < -0.3 is 16.0 Å². The van der Waals surface area contributed by atoms with Crippen LogP contribution < -0.4 is 11.1 Å². The molecule has 0 unspecified atom stereocenters. The summed E-state index contributed by atoms with van der Waals surface area (Å²) in [4.78, 5) is 13.9. The third kappa shape index (κ3) is 3.15. The Morgan fingerprint density at radius 3 is 2.83 bits per heavy atom. The fourth-order valence-electron chi connectivity index (χ4n) is 2.06. The molecule has 0 aliphatic heterocycles. The standard InChI is InChI=1S/C14H21N3O/c1-2-17(14(18)16-13-7-4-8-13)10-11-5-3-6-12(15)9-11/h3,5-6,9,13H,2,4,7-8,10,15H2,1H3,(H,16,18). The first-order chi connectivity index (χ1) is 8.69. The van der Waals surface area contributed by atoms with Crippen LogP contribution in [0, 0.1) is 0 Å². The number of hydrogen-bond acceptors (Lipinski definition) is 2. The summed E-state index contributed by atoms with van der Waals surface area (Å²) in [5, 5.41) is 3.06. The molecule has 4 heteroatoms. The predicted octanol–water partition coefficient (Wildman–Crippen LogP) is 2.35. The third-order valence-corrected chi connectivity index (χ3v) is 3.43. The molecule has 0 bridgehead atoms. The summed E-state index contributed by atoms with van der Waals surface area (Å²) in [5.74, 6) is 0. The molecule has 1 fully saturated rings. The molecular weight excluding hydrogens is 226 g/mol. The summed E-state index contributed by atoms with van der Waals surface area (Å²) in [6.45, 7) is 3.31. The molecule has 0 atom stereocenters. The van der Waals surface area contributed by atoms with E-state index in [-0.39, 0.29) is 6.03 Å². The second-order valence-corrected chi connectivity index (χ2v) is 4.84. The fraction of sp³-hybridized carbons (Fsp3) is 0.500. The van der Waals surface area contributed by atoms with Crippen molar-refractivity contribution in [3.63, 3.8) is 0 Å². The van der Waals surface area contributed by atoms with Gasteiger partial charge in [-0.15, -0.1) is 0 Å². The molecule has 0 saturated heterocycles. The molecule has 98 valence electrons. The zero-order valence-corrected chi connectivity index (χ0v) is 10.9. The molecule has 3 N–H and O–H groups in total. The average molecular weight is 247 g/mol. The highest BCUT2D eigenvalue weighted by Gasteiger charge is 2.21. The van der Waals surface area contributed by atoms with Crippen LogP contribution in [0.3, 0.4) is 0 Å². The first-order valence-electron chi connectivity index (χ1n) is 6.59. The van der Waals surface area contributed by atoms with Gasteiger partial charge in [0.2, 0.25) is 0 Å². The Bertz CT molecular complexity index is 415. The Labute approximate surface area is 108 Å². The van der Waals surface area contributed by atoms with E-state index < -0.39 is 0 Å². The molecule has 0 radical (unpaired) electrons. The first kappa shape index (κ1) is 12.7. The van der Waals surface area contributed by atoms with Gasteiger partial charge in [0, 0.05) is 24.8 Å². The van der Waals surface area contributed by atoms with Gasteiger partial charge in [-0.1, -0.05) is 12.1 Å². The van der Waals surface area contributed by atoms with Gasteiger partial charge in [0.15, 0.2) is 0 Å². The monoisotopic (exact) mass is 247 g/mol. The molecule has 1 aliphatic carbocycles. The van der Waals surface area contributed by atoms with Crippen LogP contribution >= 0.6 is 0 Å². The maximum Gasteiger partial charge on any atom is 0.317 e. The number of rotatable bonds is 4. The van der Waals surface area contributed by atoms with E-state index in [0.717, 1.165) is 24.1 Å². The van der Waals surface area contributed by atoms with E-state index in [1.807, 2.05) is 36.1 Å². The molecule has 2 rings (SSSR count). The van der Waals surface area contributed by atoms with Crippen molar-refractivity contribution < 1.29 is 4.79 Å². The van der Waals surface area contributed by atoms with Crippen molar-refractivity contribution in [2.24, 2.45) is 0 Å². The van der Waals surface area contributed by atoms with Crippen molar-refractivity contribution in [1.82, 2.24) is 10.2 Å². The van der Waals surface area contributed by atoms with Crippen LogP contribution in [0.25, 0.3) is 0 Å². The Hall–Kier alpha value is -1.71. The number of hydrogen-bond donors (Lipinski definition) is 2. The van der Waals surface area contributed by atoms with Crippen molar-refractivity contribution in [3.05, 3.63) is 29.8 Å². The molecular formula is C14H21N3O. The number of nitrogens with one attached hydrogen (secondary N) is 1. The molecule has 1 aromatic carbocycles. The number of nitrogens with zero attached hydrogens (tertiary/aromatic N) is 1.